The first-order chi connectivity index (χ1) is 8.74. The Morgan fingerprint density at radius 3 is 2.61 bits per heavy atom. The normalized spacial score (nSPS) is 9.78. The van der Waals surface area contributed by atoms with Gasteiger partial charge >= 0.3 is 0 Å². The lowest BCUT2D eigenvalue weighted by atomic mass is 10.2. The van der Waals surface area contributed by atoms with Crippen molar-refractivity contribution in [3.8, 4) is 23.2 Å². The molecule has 0 spiro atoms. The van der Waals surface area contributed by atoms with Crippen molar-refractivity contribution in [2.24, 2.45) is 0 Å². The summed E-state index contributed by atoms with van der Waals surface area (Å²) in [5.74, 6) is 1.48. The van der Waals surface area contributed by atoms with Crippen LogP contribution in [-0.2, 0) is 0 Å². The average molecular weight is 240 g/mol. The lowest BCUT2D eigenvalue weighted by molar-refractivity contribution is 0.340. The van der Waals surface area contributed by atoms with Gasteiger partial charge in [-0.15, -0.1) is 0 Å². The van der Waals surface area contributed by atoms with E-state index in [0.717, 1.165) is 11.3 Å². The van der Waals surface area contributed by atoms with Crippen LogP contribution < -0.4 is 10.5 Å². The predicted molar refractivity (Wildman–Crippen MR) is 67.8 cm³/mol. The van der Waals surface area contributed by atoms with Crippen molar-refractivity contribution in [2.45, 2.75) is 6.92 Å². The van der Waals surface area contributed by atoms with Crippen molar-refractivity contribution in [2.75, 3.05) is 12.3 Å². The molecule has 2 rings (SSSR count). The molecule has 2 N–H and O–H groups in total. The van der Waals surface area contributed by atoms with Gasteiger partial charge in [-0.3, -0.25) is 0 Å². The summed E-state index contributed by atoms with van der Waals surface area (Å²) in [4.78, 5) is 8.20. The van der Waals surface area contributed by atoms with Gasteiger partial charge in [0.2, 0.25) is 0 Å². The highest BCUT2D eigenvalue weighted by Gasteiger charge is 2.05. The minimum Gasteiger partial charge on any atom is -0.494 e. The molecule has 0 saturated carbocycles. The number of hydrogen-bond acceptors (Lipinski definition) is 5. The van der Waals surface area contributed by atoms with Gasteiger partial charge in [0.1, 0.15) is 23.2 Å². The van der Waals surface area contributed by atoms with E-state index in [1.54, 1.807) is 0 Å². The molecule has 1 aromatic heterocycles. The van der Waals surface area contributed by atoms with Crippen LogP contribution in [0.5, 0.6) is 5.75 Å². The average Bonchev–Trinajstić information content (AvgIpc) is 2.40. The molecule has 18 heavy (non-hydrogen) atoms. The van der Waals surface area contributed by atoms with Crippen LogP contribution in [0.15, 0.2) is 30.5 Å². The molecule has 0 aliphatic rings. The van der Waals surface area contributed by atoms with E-state index in [4.69, 9.17) is 15.7 Å². The number of nitrogen functional groups attached to an aromatic ring is 1. The van der Waals surface area contributed by atoms with Gasteiger partial charge in [0, 0.05) is 5.56 Å². The van der Waals surface area contributed by atoms with Crippen LogP contribution in [0.2, 0.25) is 0 Å². The van der Waals surface area contributed by atoms with Gasteiger partial charge in [0.25, 0.3) is 0 Å². The molecule has 0 aliphatic carbocycles. The standard InChI is InChI=1S/C13H12N4O/c1-2-18-11-5-3-9(4-6-11)13-16-8-10(7-14)12(15)17-13/h3-6,8H,2H2,1H3,(H2,15,16,17). The van der Waals surface area contributed by atoms with E-state index in [1.165, 1.54) is 6.20 Å². The van der Waals surface area contributed by atoms with Gasteiger partial charge < -0.3 is 10.5 Å². The Balaban J connectivity index is 2.31. The van der Waals surface area contributed by atoms with Crippen LogP contribution in [0.4, 0.5) is 5.82 Å². The molecular weight excluding hydrogens is 228 g/mol. The number of aromatic nitrogens is 2. The minimum atomic E-state index is 0.191. The molecule has 0 unspecified atom stereocenters. The van der Waals surface area contributed by atoms with Gasteiger partial charge in [0.05, 0.1) is 12.8 Å². The number of anilines is 1. The second kappa shape index (κ2) is 5.15. The molecule has 0 bridgehead atoms. The number of hydrogen-bond donors (Lipinski definition) is 1. The van der Waals surface area contributed by atoms with E-state index >= 15 is 0 Å². The maximum Gasteiger partial charge on any atom is 0.161 e. The summed E-state index contributed by atoms with van der Waals surface area (Å²) in [6.07, 6.45) is 1.42. The summed E-state index contributed by atoms with van der Waals surface area (Å²) in [6.45, 7) is 2.55. The van der Waals surface area contributed by atoms with Gasteiger partial charge in [0.15, 0.2) is 5.82 Å². The monoisotopic (exact) mass is 240 g/mol. The zero-order valence-electron chi connectivity index (χ0n) is 9.92. The van der Waals surface area contributed by atoms with E-state index in [1.807, 2.05) is 37.3 Å². The van der Waals surface area contributed by atoms with Crippen LogP contribution in [0.3, 0.4) is 0 Å². The molecule has 0 amide bonds. The molecule has 1 heterocycles. The fraction of sp³-hybridized carbons (Fsp3) is 0.154. The van der Waals surface area contributed by atoms with E-state index in [2.05, 4.69) is 9.97 Å². The van der Waals surface area contributed by atoms with Crippen molar-refractivity contribution < 1.29 is 4.74 Å². The summed E-state index contributed by atoms with van der Waals surface area (Å²) in [5.41, 5.74) is 6.76. The maximum absolute atomic E-state index is 8.75. The smallest absolute Gasteiger partial charge is 0.161 e. The lowest BCUT2D eigenvalue weighted by Gasteiger charge is -2.05. The van der Waals surface area contributed by atoms with Crippen molar-refractivity contribution >= 4 is 5.82 Å². The first-order valence-corrected chi connectivity index (χ1v) is 5.50. The summed E-state index contributed by atoms with van der Waals surface area (Å²) in [6, 6.07) is 9.32. The minimum absolute atomic E-state index is 0.191. The molecule has 1 aromatic carbocycles. The SMILES string of the molecule is CCOc1ccc(-c2ncc(C#N)c(N)n2)cc1. The molecule has 0 atom stereocenters. The van der Waals surface area contributed by atoms with E-state index in [-0.39, 0.29) is 11.4 Å². The topological polar surface area (TPSA) is 84.8 Å². The fourth-order valence-electron chi connectivity index (χ4n) is 1.49. The second-order valence-corrected chi connectivity index (χ2v) is 3.56. The Bertz CT molecular complexity index is 587. The van der Waals surface area contributed by atoms with Crippen LogP contribution in [-0.4, -0.2) is 16.6 Å². The lowest BCUT2D eigenvalue weighted by Crippen LogP contribution is -1.99. The van der Waals surface area contributed by atoms with Gasteiger partial charge in [-0.2, -0.15) is 5.26 Å². The third-order valence-electron chi connectivity index (χ3n) is 2.36. The third kappa shape index (κ3) is 2.38. The highest BCUT2D eigenvalue weighted by molar-refractivity contribution is 5.60. The molecule has 2 aromatic rings. The van der Waals surface area contributed by atoms with Crippen LogP contribution in [0.1, 0.15) is 12.5 Å². The maximum atomic E-state index is 8.75. The van der Waals surface area contributed by atoms with Gasteiger partial charge in [-0.05, 0) is 31.2 Å². The summed E-state index contributed by atoms with van der Waals surface area (Å²) >= 11 is 0. The molecule has 5 heteroatoms. The predicted octanol–water partition coefficient (Wildman–Crippen LogP) is 2.00. The summed E-state index contributed by atoms with van der Waals surface area (Å²) in [5, 5.41) is 8.75. The summed E-state index contributed by atoms with van der Waals surface area (Å²) in [7, 11) is 0. The van der Waals surface area contributed by atoms with E-state index in [9.17, 15) is 0 Å². The number of nitriles is 1. The van der Waals surface area contributed by atoms with Crippen LogP contribution >= 0.6 is 0 Å². The summed E-state index contributed by atoms with van der Waals surface area (Å²) < 4.78 is 5.35. The largest absolute Gasteiger partial charge is 0.494 e. The van der Waals surface area contributed by atoms with Gasteiger partial charge in [-0.1, -0.05) is 0 Å². The Hall–Kier alpha value is -2.61. The van der Waals surface area contributed by atoms with Crippen molar-refractivity contribution in [1.29, 1.82) is 5.26 Å². The first kappa shape index (κ1) is 11.9. The molecule has 0 saturated heterocycles. The second-order valence-electron chi connectivity index (χ2n) is 3.56. The van der Waals surface area contributed by atoms with E-state index < -0.39 is 0 Å². The number of rotatable bonds is 3. The fourth-order valence-corrected chi connectivity index (χ4v) is 1.49. The third-order valence-corrected chi connectivity index (χ3v) is 2.36. The van der Waals surface area contributed by atoms with Crippen molar-refractivity contribution in [3.05, 3.63) is 36.0 Å². The molecular formula is C13H12N4O. The Kier molecular flexibility index (Phi) is 3.39. The van der Waals surface area contributed by atoms with Crippen LogP contribution in [0.25, 0.3) is 11.4 Å². The Morgan fingerprint density at radius 2 is 2.06 bits per heavy atom. The zero-order valence-corrected chi connectivity index (χ0v) is 9.92. The molecule has 5 nitrogen and oxygen atoms in total. The molecule has 0 radical (unpaired) electrons. The number of nitrogens with two attached hydrogens (primary N) is 1. The quantitative estimate of drug-likeness (QED) is 0.886. The number of nitrogens with zero attached hydrogens (tertiary/aromatic N) is 3. The molecule has 0 fully saturated rings. The molecule has 90 valence electrons. The highest BCUT2D eigenvalue weighted by atomic mass is 16.5. The Morgan fingerprint density at radius 1 is 1.33 bits per heavy atom. The highest BCUT2D eigenvalue weighted by Crippen LogP contribution is 2.20. The first-order valence-electron chi connectivity index (χ1n) is 5.50. The van der Waals surface area contributed by atoms with Crippen molar-refractivity contribution in [1.82, 2.24) is 9.97 Å². The number of ether oxygens (including phenoxy) is 1. The van der Waals surface area contributed by atoms with Crippen LogP contribution in [0, 0.1) is 11.3 Å². The number of benzene rings is 1. The van der Waals surface area contributed by atoms with E-state index in [0.29, 0.717) is 12.4 Å². The Labute approximate surface area is 105 Å². The zero-order chi connectivity index (χ0) is 13.0. The van der Waals surface area contributed by atoms with Crippen molar-refractivity contribution in [3.63, 3.8) is 0 Å². The molecule has 0 aliphatic heterocycles. The van der Waals surface area contributed by atoms with Gasteiger partial charge in [-0.25, -0.2) is 9.97 Å².